The molecule has 138 valence electrons. The number of halogens is 1. The second kappa shape index (κ2) is 7.44. The number of hydrogen-bond donors (Lipinski definition) is 2. The molecule has 2 aliphatic heterocycles. The zero-order valence-corrected chi connectivity index (χ0v) is 17.1. The van der Waals surface area contributed by atoms with E-state index in [-0.39, 0.29) is 11.8 Å². The van der Waals surface area contributed by atoms with Gasteiger partial charge in [-0.15, -0.1) is 0 Å². The van der Waals surface area contributed by atoms with Crippen LogP contribution in [-0.2, 0) is 4.79 Å². The molecule has 6 heteroatoms. The first-order chi connectivity index (χ1) is 13.0. The van der Waals surface area contributed by atoms with Gasteiger partial charge in [-0.1, -0.05) is 12.1 Å². The van der Waals surface area contributed by atoms with E-state index in [2.05, 4.69) is 57.3 Å². The SMILES string of the molecule is CN1CCCC1c1ccc(N/C=C2\C(=O)NC(=O)c3ccc(I)cc32)cc1. The van der Waals surface area contributed by atoms with Gasteiger partial charge in [0.2, 0.25) is 0 Å². The third-order valence-corrected chi connectivity index (χ3v) is 5.86. The van der Waals surface area contributed by atoms with E-state index in [0.29, 0.717) is 22.7 Å². The largest absolute Gasteiger partial charge is 0.361 e. The number of benzene rings is 2. The van der Waals surface area contributed by atoms with Crippen molar-refractivity contribution in [2.45, 2.75) is 18.9 Å². The molecule has 2 amide bonds. The van der Waals surface area contributed by atoms with E-state index in [1.807, 2.05) is 24.3 Å². The van der Waals surface area contributed by atoms with Crippen LogP contribution in [0.4, 0.5) is 5.69 Å². The van der Waals surface area contributed by atoms with E-state index < -0.39 is 0 Å². The summed E-state index contributed by atoms with van der Waals surface area (Å²) in [5.41, 5.74) is 3.86. The number of amides is 2. The molecule has 2 aromatic carbocycles. The lowest BCUT2D eigenvalue weighted by atomic mass is 9.95. The highest BCUT2D eigenvalue weighted by atomic mass is 127. The van der Waals surface area contributed by atoms with Crippen molar-refractivity contribution in [3.63, 3.8) is 0 Å². The number of carbonyl (C=O) groups excluding carboxylic acids is 2. The van der Waals surface area contributed by atoms with Crippen LogP contribution in [0, 0.1) is 3.57 Å². The fraction of sp³-hybridized carbons (Fsp3) is 0.238. The third kappa shape index (κ3) is 3.64. The number of anilines is 1. The van der Waals surface area contributed by atoms with Crippen molar-refractivity contribution in [1.82, 2.24) is 10.2 Å². The van der Waals surface area contributed by atoms with Gasteiger partial charge in [-0.25, -0.2) is 0 Å². The predicted octanol–water partition coefficient (Wildman–Crippen LogP) is 3.78. The number of fused-ring (bicyclic) bond motifs is 1. The number of imide groups is 1. The summed E-state index contributed by atoms with van der Waals surface area (Å²) in [7, 11) is 2.16. The maximum atomic E-state index is 12.3. The second-order valence-corrected chi connectivity index (χ2v) is 8.18. The maximum Gasteiger partial charge on any atom is 0.260 e. The number of nitrogens with one attached hydrogen (secondary N) is 2. The van der Waals surface area contributed by atoms with Crippen LogP contribution in [0.3, 0.4) is 0 Å². The maximum absolute atomic E-state index is 12.3. The van der Waals surface area contributed by atoms with Crippen molar-refractivity contribution >= 4 is 45.7 Å². The molecule has 2 N–H and O–H groups in total. The van der Waals surface area contributed by atoms with Crippen LogP contribution >= 0.6 is 22.6 Å². The Morgan fingerprint density at radius 1 is 1.11 bits per heavy atom. The first-order valence-corrected chi connectivity index (χ1v) is 10.0. The molecule has 1 fully saturated rings. The van der Waals surface area contributed by atoms with Gasteiger partial charge in [-0.05, 0) is 84.9 Å². The van der Waals surface area contributed by atoms with Crippen LogP contribution < -0.4 is 10.6 Å². The average Bonchev–Trinajstić information content (AvgIpc) is 3.07. The summed E-state index contributed by atoms with van der Waals surface area (Å²) in [6, 6.07) is 14.3. The molecule has 1 unspecified atom stereocenters. The van der Waals surface area contributed by atoms with Gasteiger partial charge >= 0.3 is 0 Å². The van der Waals surface area contributed by atoms with Crippen molar-refractivity contribution in [3.8, 4) is 0 Å². The van der Waals surface area contributed by atoms with Crippen LogP contribution in [0.1, 0.15) is 40.4 Å². The van der Waals surface area contributed by atoms with E-state index in [9.17, 15) is 9.59 Å². The Morgan fingerprint density at radius 3 is 2.59 bits per heavy atom. The van der Waals surface area contributed by atoms with E-state index in [0.717, 1.165) is 15.8 Å². The predicted molar refractivity (Wildman–Crippen MR) is 114 cm³/mol. The molecule has 0 spiro atoms. The molecule has 1 atom stereocenters. The third-order valence-electron chi connectivity index (χ3n) is 5.19. The summed E-state index contributed by atoms with van der Waals surface area (Å²) >= 11 is 2.18. The highest BCUT2D eigenvalue weighted by molar-refractivity contribution is 14.1. The van der Waals surface area contributed by atoms with Gasteiger partial charge in [0.25, 0.3) is 11.8 Å². The Kier molecular flexibility index (Phi) is 5.01. The Labute approximate surface area is 172 Å². The highest BCUT2D eigenvalue weighted by Crippen LogP contribution is 2.31. The lowest BCUT2D eigenvalue weighted by Gasteiger charge is -2.20. The Bertz CT molecular complexity index is 937. The Hall–Kier alpha value is -2.19. The molecule has 2 aromatic rings. The van der Waals surface area contributed by atoms with E-state index in [1.165, 1.54) is 18.4 Å². The second-order valence-electron chi connectivity index (χ2n) is 6.94. The summed E-state index contributed by atoms with van der Waals surface area (Å²) in [4.78, 5) is 26.7. The van der Waals surface area contributed by atoms with Crippen molar-refractivity contribution in [2.24, 2.45) is 0 Å². The average molecular weight is 473 g/mol. The lowest BCUT2D eigenvalue weighted by molar-refractivity contribution is -0.114. The van der Waals surface area contributed by atoms with Gasteiger partial charge in [-0.3, -0.25) is 19.8 Å². The van der Waals surface area contributed by atoms with Crippen molar-refractivity contribution in [1.29, 1.82) is 0 Å². The summed E-state index contributed by atoms with van der Waals surface area (Å²) in [6.07, 6.45) is 4.10. The molecule has 0 saturated carbocycles. The molecule has 1 saturated heterocycles. The molecule has 2 aliphatic rings. The lowest BCUT2D eigenvalue weighted by Crippen LogP contribution is -2.36. The highest BCUT2D eigenvalue weighted by Gasteiger charge is 2.27. The normalized spacial score (nSPS) is 21.3. The molecule has 5 nitrogen and oxygen atoms in total. The van der Waals surface area contributed by atoms with Crippen LogP contribution in [-0.4, -0.2) is 30.3 Å². The number of carbonyl (C=O) groups is 2. The fourth-order valence-electron chi connectivity index (χ4n) is 3.73. The number of nitrogens with zero attached hydrogens (tertiary/aromatic N) is 1. The zero-order valence-electron chi connectivity index (χ0n) is 15.0. The van der Waals surface area contributed by atoms with Crippen LogP contribution in [0.25, 0.3) is 5.57 Å². The molecular weight excluding hydrogens is 453 g/mol. The zero-order chi connectivity index (χ0) is 19.0. The van der Waals surface area contributed by atoms with Gasteiger partial charge in [0.15, 0.2) is 0 Å². The summed E-state index contributed by atoms with van der Waals surface area (Å²) in [5, 5.41) is 5.60. The quantitative estimate of drug-likeness (QED) is 0.405. The van der Waals surface area contributed by atoms with Gasteiger partial charge in [0.05, 0.1) is 5.57 Å². The van der Waals surface area contributed by atoms with Gasteiger partial charge in [0.1, 0.15) is 0 Å². The number of likely N-dealkylation sites (tertiary alicyclic amines) is 1. The summed E-state index contributed by atoms with van der Waals surface area (Å²) < 4.78 is 0.977. The minimum Gasteiger partial charge on any atom is -0.361 e. The first kappa shape index (κ1) is 18.2. The van der Waals surface area contributed by atoms with Gasteiger partial charge in [0, 0.05) is 32.6 Å². The van der Waals surface area contributed by atoms with Crippen molar-refractivity contribution in [3.05, 3.63) is 68.9 Å². The standard InChI is InChI=1S/C21H20IN3O2/c1-25-10-2-3-19(25)13-4-7-15(8-5-13)23-12-18-17-11-14(22)6-9-16(17)20(26)24-21(18)27/h4-9,11-12,19,23H,2-3,10H2,1H3,(H,24,26,27)/b18-12-. The minimum absolute atomic E-state index is 0.353. The molecular formula is C21H20IN3O2. The van der Waals surface area contributed by atoms with Crippen LogP contribution in [0.15, 0.2) is 48.7 Å². The minimum atomic E-state index is -0.383. The molecule has 4 rings (SSSR count). The monoisotopic (exact) mass is 473 g/mol. The van der Waals surface area contributed by atoms with E-state index in [1.54, 1.807) is 12.3 Å². The van der Waals surface area contributed by atoms with Crippen molar-refractivity contribution in [2.75, 3.05) is 18.9 Å². The van der Waals surface area contributed by atoms with E-state index >= 15 is 0 Å². The molecule has 27 heavy (non-hydrogen) atoms. The Morgan fingerprint density at radius 2 is 1.89 bits per heavy atom. The first-order valence-electron chi connectivity index (χ1n) is 8.95. The molecule has 2 heterocycles. The summed E-state index contributed by atoms with van der Waals surface area (Å²) in [5.74, 6) is -0.736. The van der Waals surface area contributed by atoms with E-state index in [4.69, 9.17) is 0 Å². The molecule has 0 aromatic heterocycles. The van der Waals surface area contributed by atoms with Crippen molar-refractivity contribution < 1.29 is 9.59 Å². The Balaban J connectivity index is 1.57. The van der Waals surface area contributed by atoms with Gasteiger partial charge < -0.3 is 5.32 Å². The molecule has 0 radical (unpaired) electrons. The number of hydrogen-bond acceptors (Lipinski definition) is 4. The number of rotatable bonds is 3. The molecule has 0 aliphatic carbocycles. The van der Waals surface area contributed by atoms with Gasteiger partial charge in [-0.2, -0.15) is 0 Å². The fourth-order valence-corrected chi connectivity index (χ4v) is 4.22. The van der Waals surface area contributed by atoms with Crippen LogP contribution in [0.2, 0.25) is 0 Å². The van der Waals surface area contributed by atoms with Crippen LogP contribution in [0.5, 0.6) is 0 Å². The smallest absolute Gasteiger partial charge is 0.260 e. The summed E-state index contributed by atoms with van der Waals surface area (Å²) in [6.45, 7) is 1.14. The topological polar surface area (TPSA) is 61.4 Å². The molecule has 0 bridgehead atoms.